The van der Waals surface area contributed by atoms with Crippen LogP contribution in [0.15, 0.2) is 63.9 Å². The van der Waals surface area contributed by atoms with E-state index in [1.165, 1.54) is 6.07 Å². The summed E-state index contributed by atoms with van der Waals surface area (Å²) < 4.78 is 28.1. The lowest BCUT2D eigenvalue weighted by atomic mass is 10.2. The predicted molar refractivity (Wildman–Crippen MR) is 110 cm³/mol. The third kappa shape index (κ3) is 4.17. The third-order valence-electron chi connectivity index (χ3n) is 4.77. The number of nitrogens with one attached hydrogen (secondary N) is 1. The van der Waals surface area contributed by atoms with Gasteiger partial charge in [-0.3, -0.25) is 4.79 Å². The number of carbonyl (C=O) groups is 1. The Morgan fingerprint density at radius 1 is 1.07 bits per heavy atom. The maximum absolute atomic E-state index is 12.4. The molecule has 0 bridgehead atoms. The van der Waals surface area contributed by atoms with E-state index < -0.39 is 10.0 Å². The summed E-state index contributed by atoms with van der Waals surface area (Å²) in [5, 5.41) is 2.91. The van der Waals surface area contributed by atoms with Crippen LogP contribution < -0.4 is 10.2 Å². The van der Waals surface area contributed by atoms with Gasteiger partial charge >= 0.3 is 0 Å². The van der Waals surface area contributed by atoms with Crippen LogP contribution in [0.25, 0.3) is 0 Å². The van der Waals surface area contributed by atoms with Gasteiger partial charge < -0.3 is 15.1 Å². The Hall–Kier alpha value is -2.87. The van der Waals surface area contributed by atoms with E-state index in [9.17, 15) is 13.2 Å². The summed E-state index contributed by atoms with van der Waals surface area (Å²) in [5.74, 6) is 0.0977. The van der Waals surface area contributed by atoms with Crippen molar-refractivity contribution in [1.29, 1.82) is 0 Å². The highest BCUT2D eigenvalue weighted by Gasteiger charge is 2.30. The first-order chi connectivity index (χ1) is 13.3. The van der Waals surface area contributed by atoms with Gasteiger partial charge in [0.2, 0.25) is 5.91 Å². The molecule has 1 aliphatic heterocycles. The molecule has 28 heavy (non-hydrogen) atoms. The average molecular weight is 401 g/mol. The summed E-state index contributed by atoms with van der Waals surface area (Å²) in [4.78, 5) is 16.2. The van der Waals surface area contributed by atoms with Gasteiger partial charge in [0.15, 0.2) is 5.84 Å². The maximum Gasteiger partial charge on any atom is 0.285 e. The molecule has 3 rings (SSSR count). The number of amides is 1. The van der Waals surface area contributed by atoms with Crippen LogP contribution in [0, 0.1) is 0 Å². The van der Waals surface area contributed by atoms with E-state index in [-0.39, 0.29) is 23.4 Å². The van der Waals surface area contributed by atoms with Crippen molar-refractivity contribution in [3.63, 3.8) is 0 Å². The molecule has 0 aromatic heterocycles. The first-order valence-corrected chi connectivity index (χ1v) is 10.4. The van der Waals surface area contributed by atoms with Crippen molar-refractivity contribution in [3.05, 3.63) is 60.2 Å². The second-order valence-electron chi connectivity index (χ2n) is 6.84. The van der Waals surface area contributed by atoms with Crippen LogP contribution in [0.2, 0.25) is 0 Å². The number of hydrogen-bond acceptors (Lipinski definition) is 5. The number of hydrogen-bond donors (Lipinski definition) is 1. The quantitative estimate of drug-likeness (QED) is 0.798. The summed E-state index contributed by atoms with van der Waals surface area (Å²) >= 11 is 0. The molecule has 0 fully saturated rings. The minimum atomic E-state index is -3.70. The zero-order chi connectivity index (χ0) is 20.3. The van der Waals surface area contributed by atoms with Gasteiger partial charge in [-0.25, -0.2) is 0 Å². The second kappa shape index (κ2) is 8.02. The average Bonchev–Trinajstić information content (AvgIpc) is 2.98. The lowest BCUT2D eigenvalue weighted by Gasteiger charge is -2.27. The van der Waals surface area contributed by atoms with Gasteiger partial charge in [-0.05, 0) is 31.2 Å². The normalized spacial score (nSPS) is 15.3. The molecule has 0 saturated carbocycles. The Balaban J connectivity index is 1.58. The molecule has 1 amide bonds. The molecular weight excluding hydrogens is 376 g/mol. The molecule has 1 aliphatic rings. The third-order valence-corrected chi connectivity index (χ3v) is 6.10. The first-order valence-electron chi connectivity index (χ1n) is 8.99. The van der Waals surface area contributed by atoms with Crippen LogP contribution in [0.3, 0.4) is 0 Å². The number of amidine groups is 1. The van der Waals surface area contributed by atoms with Gasteiger partial charge in [-0.15, -0.1) is 4.40 Å². The van der Waals surface area contributed by atoms with Gasteiger partial charge in [-0.2, -0.15) is 8.42 Å². The highest BCUT2D eigenvalue weighted by Crippen LogP contribution is 2.26. The molecule has 8 heteroatoms. The number of likely N-dealkylation sites (N-methyl/N-ethyl adjacent to an activating group) is 2. The van der Waals surface area contributed by atoms with E-state index >= 15 is 0 Å². The molecule has 7 nitrogen and oxygen atoms in total. The highest BCUT2D eigenvalue weighted by molar-refractivity contribution is 7.90. The molecule has 1 atom stereocenters. The first kappa shape index (κ1) is 19.9. The van der Waals surface area contributed by atoms with Gasteiger partial charge in [-0.1, -0.05) is 30.3 Å². The van der Waals surface area contributed by atoms with Crippen LogP contribution >= 0.6 is 0 Å². The highest BCUT2D eigenvalue weighted by atomic mass is 32.2. The minimum absolute atomic E-state index is 0.0183. The van der Waals surface area contributed by atoms with E-state index in [0.717, 1.165) is 5.69 Å². The second-order valence-corrected chi connectivity index (χ2v) is 8.41. The standard InChI is InChI=1S/C20H24N4O3S/c1-15(24(3)16-9-5-4-6-10-16)13-21-19(25)14-23(2)20-17-11-7-8-12-18(17)28(26,27)22-20/h4-12,15H,13-14H2,1-3H3,(H,21,25)/t15-/m0/s1. The van der Waals surface area contributed by atoms with Crippen LogP contribution in [0.4, 0.5) is 5.69 Å². The van der Waals surface area contributed by atoms with Crippen LogP contribution in [-0.2, 0) is 14.8 Å². The van der Waals surface area contributed by atoms with E-state index in [0.29, 0.717) is 17.9 Å². The fraction of sp³-hybridized carbons (Fsp3) is 0.300. The molecule has 1 heterocycles. The molecule has 2 aromatic carbocycles. The summed E-state index contributed by atoms with van der Waals surface area (Å²) in [6.45, 7) is 2.52. The fourth-order valence-corrected chi connectivity index (χ4v) is 4.28. The van der Waals surface area contributed by atoms with Crippen molar-refractivity contribution < 1.29 is 13.2 Å². The van der Waals surface area contributed by atoms with Crippen molar-refractivity contribution >= 4 is 27.5 Å². The lowest BCUT2D eigenvalue weighted by molar-refractivity contribution is -0.121. The van der Waals surface area contributed by atoms with Gasteiger partial charge in [0, 0.05) is 37.9 Å². The van der Waals surface area contributed by atoms with Crippen molar-refractivity contribution in [1.82, 2.24) is 10.2 Å². The van der Waals surface area contributed by atoms with E-state index in [1.54, 1.807) is 30.1 Å². The molecule has 1 N–H and O–H groups in total. The summed E-state index contributed by atoms with van der Waals surface area (Å²) in [6, 6.07) is 16.7. The molecule has 148 valence electrons. The Labute approximate surface area is 165 Å². The molecule has 0 spiro atoms. The molecule has 0 radical (unpaired) electrons. The van der Waals surface area contributed by atoms with Crippen molar-refractivity contribution in [3.8, 4) is 0 Å². The number of fused-ring (bicyclic) bond motifs is 1. The van der Waals surface area contributed by atoms with Crippen molar-refractivity contribution in [2.24, 2.45) is 4.40 Å². The van der Waals surface area contributed by atoms with E-state index in [4.69, 9.17) is 0 Å². The van der Waals surface area contributed by atoms with Crippen molar-refractivity contribution in [2.75, 3.05) is 32.1 Å². The smallest absolute Gasteiger partial charge is 0.285 e. The Bertz CT molecular complexity index is 990. The summed E-state index contributed by atoms with van der Waals surface area (Å²) in [5.41, 5.74) is 1.60. The van der Waals surface area contributed by atoms with Gasteiger partial charge in [0.25, 0.3) is 10.0 Å². The van der Waals surface area contributed by atoms with Crippen LogP contribution in [0.5, 0.6) is 0 Å². The van der Waals surface area contributed by atoms with Gasteiger partial charge in [0.1, 0.15) is 4.90 Å². The Morgan fingerprint density at radius 3 is 2.43 bits per heavy atom. The number of para-hydroxylation sites is 1. The monoisotopic (exact) mass is 400 g/mol. The minimum Gasteiger partial charge on any atom is -0.370 e. The number of sulfonamides is 1. The maximum atomic E-state index is 12.4. The van der Waals surface area contributed by atoms with Gasteiger partial charge in [0.05, 0.1) is 6.54 Å². The topological polar surface area (TPSA) is 82.1 Å². The Morgan fingerprint density at radius 2 is 1.71 bits per heavy atom. The molecule has 2 aromatic rings. The largest absolute Gasteiger partial charge is 0.370 e. The molecular formula is C20H24N4O3S. The zero-order valence-corrected chi connectivity index (χ0v) is 17.0. The molecule has 0 aliphatic carbocycles. The Kier molecular flexibility index (Phi) is 5.69. The number of rotatable bonds is 6. The molecule has 0 saturated heterocycles. The van der Waals surface area contributed by atoms with E-state index in [2.05, 4.69) is 14.6 Å². The predicted octanol–water partition coefficient (Wildman–Crippen LogP) is 1.71. The zero-order valence-electron chi connectivity index (χ0n) is 16.2. The number of nitrogens with zero attached hydrogens (tertiary/aromatic N) is 3. The lowest BCUT2D eigenvalue weighted by Crippen LogP contribution is -2.44. The molecule has 0 unspecified atom stereocenters. The van der Waals surface area contributed by atoms with Crippen LogP contribution in [-0.4, -0.2) is 58.3 Å². The van der Waals surface area contributed by atoms with Crippen molar-refractivity contribution in [2.45, 2.75) is 17.9 Å². The SMILES string of the molecule is C[C@@H](CNC(=O)CN(C)C1=NS(=O)(=O)c2ccccc21)N(C)c1ccccc1. The number of carbonyl (C=O) groups excluding carboxylic acids is 1. The number of benzene rings is 2. The fourth-order valence-electron chi connectivity index (χ4n) is 3.03. The summed E-state index contributed by atoms with van der Waals surface area (Å²) in [7, 11) is -0.0535. The van der Waals surface area contributed by atoms with E-state index in [1.807, 2.05) is 44.3 Å². The van der Waals surface area contributed by atoms with Crippen LogP contribution in [0.1, 0.15) is 12.5 Å². The summed E-state index contributed by atoms with van der Waals surface area (Å²) in [6.07, 6.45) is 0. The number of anilines is 1.